The Bertz CT molecular complexity index is 408. The van der Waals surface area contributed by atoms with Gasteiger partial charge in [0.05, 0.1) is 0 Å². The standard InChI is InChI=1S/C22H36O2/c1-3-5-6-7-9-22(23)24-21-16-14-20(15-17-21)19-12-10-18(8-4-2)11-13-19/h5-7,9,18-21H,3-4,8,10-17H2,1-2H3/b6-5+,9-7+. The molecule has 2 aliphatic carbocycles. The summed E-state index contributed by atoms with van der Waals surface area (Å²) in [6.45, 7) is 4.39. The first-order valence-corrected chi connectivity index (χ1v) is 10.3. The Morgan fingerprint density at radius 1 is 0.917 bits per heavy atom. The third kappa shape index (κ3) is 6.45. The summed E-state index contributed by atoms with van der Waals surface area (Å²) >= 11 is 0. The maximum absolute atomic E-state index is 11.8. The molecule has 2 heteroatoms. The Hall–Kier alpha value is -1.05. The van der Waals surface area contributed by atoms with Crippen molar-refractivity contribution in [2.24, 2.45) is 17.8 Å². The van der Waals surface area contributed by atoms with Crippen LogP contribution in [0.2, 0.25) is 0 Å². The van der Waals surface area contributed by atoms with E-state index in [0.29, 0.717) is 0 Å². The zero-order valence-electron chi connectivity index (χ0n) is 15.7. The van der Waals surface area contributed by atoms with E-state index in [-0.39, 0.29) is 12.1 Å². The monoisotopic (exact) mass is 332 g/mol. The van der Waals surface area contributed by atoms with Gasteiger partial charge in [-0.2, -0.15) is 0 Å². The van der Waals surface area contributed by atoms with E-state index in [1.54, 1.807) is 12.2 Å². The van der Waals surface area contributed by atoms with Gasteiger partial charge in [-0.05, 0) is 62.7 Å². The first kappa shape index (κ1) is 19.3. The molecule has 24 heavy (non-hydrogen) atoms. The molecule has 2 saturated carbocycles. The Morgan fingerprint density at radius 3 is 2.12 bits per heavy atom. The number of carbonyl (C=O) groups is 1. The van der Waals surface area contributed by atoms with E-state index in [1.807, 2.05) is 12.2 Å². The van der Waals surface area contributed by atoms with Crippen LogP contribution in [0.15, 0.2) is 24.3 Å². The molecule has 136 valence electrons. The average molecular weight is 333 g/mol. The molecule has 0 amide bonds. The molecule has 0 unspecified atom stereocenters. The lowest BCUT2D eigenvalue weighted by Crippen LogP contribution is -2.29. The van der Waals surface area contributed by atoms with Crippen LogP contribution in [-0.4, -0.2) is 12.1 Å². The summed E-state index contributed by atoms with van der Waals surface area (Å²) in [6.07, 6.45) is 21.6. The molecule has 0 aliphatic heterocycles. The van der Waals surface area contributed by atoms with Crippen LogP contribution in [0.5, 0.6) is 0 Å². The molecule has 2 aliphatic rings. The molecule has 0 aromatic heterocycles. The minimum absolute atomic E-state index is 0.144. The molecule has 0 saturated heterocycles. The van der Waals surface area contributed by atoms with Gasteiger partial charge < -0.3 is 4.74 Å². The predicted molar refractivity (Wildman–Crippen MR) is 101 cm³/mol. The summed E-state index contributed by atoms with van der Waals surface area (Å²) in [7, 11) is 0. The number of rotatable bonds is 7. The number of hydrogen-bond donors (Lipinski definition) is 0. The number of ether oxygens (including phenoxy) is 1. The van der Waals surface area contributed by atoms with Gasteiger partial charge in [-0.1, -0.05) is 57.8 Å². The summed E-state index contributed by atoms with van der Waals surface area (Å²) < 4.78 is 5.60. The molecule has 0 radical (unpaired) electrons. The molecule has 2 rings (SSSR count). The second kappa shape index (κ2) is 10.7. The molecular formula is C22H36O2. The highest BCUT2D eigenvalue weighted by Crippen LogP contribution is 2.41. The second-order valence-electron chi connectivity index (χ2n) is 7.74. The van der Waals surface area contributed by atoms with Crippen molar-refractivity contribution < 1.29 is 9.53 Å². The lowest BCUT2D eigenvalue weighted by molar-refractivity contribution is -0.145. The van der Waals surface area contributed by atoms with Crippen LogP contribution in [0.3, 0.4) is 0 Å². The van der Waals surface area contributed by atoms with Gasteiger partial charge in [-0.25, -0.2) is 4.79 Å². The van der Waals surface area contributed by atoms with E-state index in [9.17, 15) is 4.79 Å². The molecule has 0 aromatic rings. The highest BCUT2D eigenvalue weighted by Gasteiger charge is 2.31. The first-order valence-electron chi connectivity index (χ1n) is 10.3. The van der Waals surface area contributed by atoms with Crippen LogP contribution in [0.25, 0.3) is 0 Å². The fourth-order valence-electron chi connectivity index (χ4n) is 4.59. The van der Waals surface area contributed by atoms with Crippen molar-refractivity contribution in [3.8, 4) is 0 Å². The van der Waals surface area contributed by atoms with Crippen LogP contribution in [0, 0.1) is 17.8 Å². The average Bonchev–Trinajstić information content (AvgIpc) is 2.60. The third-order valence-electron chi connectivity index (χ3n) is 5.97. The van der Waals surface area contributed by atoms with Gasteiger partial charge in [0.1, 0.15) is 6.10 Å². The van der Waals surface area contributed by atoms with Crippen molar-refractivity contribution in [3.63, 3.8) is 0 Å². The maximum atomic E-state index is 11.8. The van der Waals surface area contributed by atoms with Crippen molar-refractivity contribution in [2.45, 2.75) is 90.6 Å². The summed E-state index contributed by atoms with van der Waals surface area (Å²) in [5.74, 6) is 2.63. The topological polar surface area (TPSA) is 26.3 Å². The summed E-state index contributed by atoms with van der Waals surface area (Å²) in [5, 5.41) is 0. The highest BCUT2D eigenvalue weighted by atomic mass is 16.5. The van der Waals surface area contributed by atoms with Crippen molar-refractivity contribution >= 4 is 5.97 Å². The zero-order valence-corrected chi connectivity index (χ0v) is 15.7. The van der Waals surface area contributed by atoms with Crippen LogP contribution < -0.4 is 0 Å². The molecule has 0 heterocycles. The van der Waals surface area contributed by atoms with Crippen molar-refractivity contribution in [1.82, 2.24) is 0 Å². The van der Waals surface area contributed by atoms with Gasteiger partial charge in [0.2, 0.25) is 0 Å². The Kier molecular flexibility index (Phi) is 8.63. The minimum Gasteiger partial charge on any atom is -0.459 e. The summed E-state index contributed by atoms with van der Waals surface area (Å²) in [4.78, 5) is 11.8. The number of carbonyl (C=O) groups excluding carboxylic acids is 1. The summed E-state index contributed by atoms with van der Waals surface area (Å²) in [5.41, 5.74) is 0. The molecule has 0 bridgehead atoms. The molecule has 0 spiro atoms. The quantitative estimate of drug-likeness (QED) is 0.314. The van der Waals surface area contributed by atoms with E-state index in [2.05, 4.69) is 13.8 Å². The maximum Gasteiger partial charge on any atom is 0.331 e. The molecule has 2 fully saturated rings. The molecule has 0 aromatic carbocycles. The Labute approximate surface area is 148 Å². The van der Waals surface area contributed by atoms with E-state index in [0.717, 1.165) is 37.0 Å². The van der Waals surface area contributed by atoms with Gasteiger partial charge in [0, 0.05) is 6.08 Å². The van der Waals surface area contributed by atoms with Crippen LogP contribution in [-0.2, 0) is 9.53 Å². The van der Waals surface area contributed by atoms with Gasteiger partial charge >= 0.3 is 5.97 Å². The lowest BCUT2D eigenvalue weighted by Gasteiger charge is -2.37. The van der Waals surface area contributed by atoms with Crippen molar-refractivity contribution in [2.75, 3.05) is 0 Å². The van der Waals surface area contributed by atoms with Gasteiger partial charge in [0.15, 0.2) is 0 Å². The second-order valence-corrected chi connectivity index (χ2v) is 7.74. The molecule has 2 nitrogen and oxygen atoms in total. The SMILES string of the molecule is CC/C=C/C=C/C(=O)OC1CCC(C2CCC(CCC)CC2)CC1. The lowest BCUT2D eigenvalue weighted by atomic mass is 9.70. The van der Waals surface area contributed by atoms with Crippen molar-refractivity contribution in [1.29, 1.82) is 0 Å². The van der Waals surface area contributed by atoms with E-state index in [4.69, 9.17) is 4.74 Å². The number of esters is 1. The predicted octanol–water partition coefficient (Wildman–Crippen LogP) is 6.22. The molecule has 0 atom stereocenters. The van der Waals surface area contributed by atoms with Gasteiger partial charge in [-0.3, -0.25) is 0 Å². The van der Waals surface area contributed by atoms with E-state index >= 15 is 0 Å². The molecular weight excluding hydrogens is 296 g/mol. The van der Waals surface area contributed by atoms with Gasteiger partial charge in [0.25, 0.3) is 0 Å². The fraction of sp³-hybridized carbons (Fsp3) is 0.773. The Balaban J connectivity index is 1.65. The normalized spacial score (nSPS) is 31.6. The minimum atomic E-state index is -0.181. The Morgan fingerprint density at radius 2 is 1.54 bits per heavy atom. The third-order valence-corrected chi connectivity index (χ3v) is 5.97. The van der Waals surface area contributed by atoms with Crippen LogP contribution >= 0.6 is 0 Å². The number of hydrogen-bond acceptors (Lipinski definition) is 2. The first-order chi connectivity index (χ1) is 11.7. The van der Waals surface area contributed by atoms with Crippen molar-refractivity contribution in [3.05, 3.63) is 24.3 Å². The fourth-order valence-corrected chi connectivity index (χ4v) is 4.59. The zero-order chi connectivity index (χ0) is 17.2. The van der Waals surface area contributed by atoms with Crippen LogP contribution in [0.4, 0.5) is 0 Å². The van der Waals surface area contributed by atoms with E-state index in [1.165, 1.54) is 51.4 Å². The number of allylic oxidation sites excluding steroid dienone is 3. The van der Waals surface area contributed by atoms with Gasteiger partial charge in [-0.15, -0.1) is 0 Å². The smallest absolute Gasteiger partial charge is 0.331 e. The summed E-state index contributed by atoms with van der Waals surface area (Å²) in [6, 6.07) is 0. The van der Waals surface area contributed by atoms with E-state index < -0.39 is 0 Å². The largest absolute Gasteiger partial charge is 0.459 e. The highest BCUT2D eigenvalue weighted by molar-refractivity contribution is 5.82. The van der Waals surface area contributed by atoms with Crippen LogP contribution in [0.1, 0.15) is 84.5 Å². The molecule has 0 N–H and O–H groups in total.